The molecule has 2 unspecified atom stereocenters. The van der Waals surface area contributed by atoms with E-state index in [9.17, 15) is 39.5 Å². The van der Waals surface area contributed by atoms with Gasteiger partial charge in [-0.2, -0.15) is 26.3 Å². The molecule has 1 heterocycles. The molecule has 0 spiro atoms. The van der Waals surface area contributed by atoms with E-state index in [4.69, 9.17) is 0 Å². The number of alkyl halides is 9. The van der Waals surface area contributed by atoms with Crippen LogP contribution < -0.4 is 0 Å². The van der Waals surface area contributed by atoms with E-state index in [-0.39, 0.29) is 13.0 Å². The topological polar surface area (TPSA) is 27.7 Å². The fourth-order valence-corrected chi connectivity index (χ4v) is 1.37. The molecule has 0 aromatic rings. The summed E-state index contributed by atoms with van der Waals surface area (Å²) in [5.41, 5.74) is 0. The predicted molar refractivity (Wildman–Crippen MR) is 42.0 cm³/mol. The van der Waals surface area contributed by atoms with Crippen molar-refractivity contribution in [1.29, 1.82) is 0 Å². The van der Waals surface area contributed by atoms with Crippen molar-refractivity contribution in [3.05, 3.63) is 0 Å². The molecule has 0 aliphatic carbocycles. The van der Waals surface area contributed by atoms with Gasteiger partial charge in [0, 0.05) is 6.61 Å². The molecule has 1 rings (SSSR count). The summed E-state index contributed by atoms with van der Waals surface area (Å²) in [5.74, 6) is 0. The summed E-state index contributed by atoms with van der Waals surface area (Å²) in [5, 5.41) is 0. The minimum Gasteiger partial charge on any atom is -0.369 e. The Morgan fingerprint density at radius 1 is 0.850 bits per heavy atom. The lowest BCUT2D eigenvalue weighted by molar-refractivity contribution is -0.553. The first-order valence-corrected chi connectivity index (χ1v) is 4.99. The highest BCUT2D eigenvalue weighted by Crippen LogP contribution is 2.45. The van der Waals surface area contributed by atoms with Gasteiger partial charge in [0.15, 0.2) is 0 Å². The Morgan fingerprint density at radius 2 is 1.40 bits per heavy atom. The third-order valence-electron chi connectivity index (χ3n) is 2.16. The first-order valence-electron chi connectivity index (χ1n) is 4.99. The van der Waals surface area contributed by atoms with Crippen LogP contribution in [0, 0.1) is 0 Å². The molecule has 0 aromatic heterocycles. The molecule has 1 saturated heterocycles. The van der Waals surface area contributed by atoms with Crippen molar-refractivity contribution in [1.82, 2.24) is 0 Å². The Hall–Kier alpha value is -0.750. The smallest absolute Gasteiger partial charge is 0.369 e. The Bertz CT molecular complexity index is 333. The molecule has 0 saturated carbocycles. The number of halogens is 9. The van der Waals surface area contributed by atoms with Crippen LogP contribution in [-0.4, -0.2) is 37.4 Å². The number of ether oxygens (including phenoxy) is 3. The average Bonchev–Trinajstić information content (AvgIpc) is 2.63. The molecule has 3 nitrogen and oxygen atoms in total. The zero-order valence-electron chi connectivity index (χ0n) is 9.33. The van der Waals surface area contributed by atoms with Crippen molar-refractivity contribution in [2.45, 2.75) is 43.6 Å². The van der Waals surface area contributed by atoms with Gasteiger partial charge in [-0.15, -0.1) is 13.2 Å². The van der Waals surface area contributed by atoms with Crippen molar-refractivity contribution in [3.8, 4) is 0 Å². The van der Waals surface area contributed by atoms with Crippen LogP contribution in [0.1, 0.15) is 12.8 Å². The normalized spacial score (nSPS) is 24.8. The molecule has 0 radical (unpaired) electrons. The Labute approximate surface area is 105 Å². The molecule has 1 fully saturated rings. The van der Waals surface area contributed by atoms with Crippen LogP contribution in [0.5, 0.6) is 0 Å². The van der Waals surface area contributed by atoms with Crippen molar-refractivity contribution >= 4 is 0 Å². The van der Waals surface area contributed by atoms with Crippen LogP contribution in [0.4, 0.5) is 39.5 Å². The van der Waals surface area contributed by atoms with E-state index in [0.29, 0.717) is 0 Å². The van der Waals surface area contributed by atoms with Gasteiger partial charge in [-0.05, 0) is 12.8 Å². The second-order valence-corrected chi connectivity index (χ2v) is 3.75. The fraction of sp³-hybridized carbons (Fsp3) is 1.00. The highest BCUT2D eigenvalue weighted by Gasteiger charge is 2.69. The summed E-state index contributed by atoms with van der Waals surface area (Å²) in [6.07, 6.45) is -20.4. The maximum Gasteiger partial charge on any atom is 0.527 e. The molecular weight excluding hydrogens is 315 g/mol. The minimum atomic E-state index is -6.50. The number of hydrogen-bond acceptors (Lipinski definition) is 3. The molecule has 1 aliphatic rings. The molecule has 20 heavy (non-hydrogen) atoms. The maximum atomic E-state index is 13.2. The quantitative estimate of drug-likeness (QED) is 0.586. The van der Waals surface area contributed by atoms with E-state index in [0.717, 1.165) is 0 Å². The van der Waals surface area contributed by atoms with Crippen molar-refractivity contribution in [3.63, 3.8) is 0 Å². The summed E-state index contributed by atoms with van der Waals surface area (Å²) in [6, 6.07) is -6.04. The van der Waals surface area contributed by atoms with Gasteiger partial charge in [-0.1, -0.05) is 0 Å². The summed E-state index contributed by atoms with van der Waals surface area (Å²) < 4.78 is 120. The molecular formula is C8H7F9O3. The third-order valence-corrected chi connectivity index (χ3v) is 2.16. The van der Waals surface area contributed by atoms with E-state index in [1.807, 2.05) is 4.74 Å². The van der Waals surface area contributed by atoms with Crippen LogP contribution >= 0.6 is 0 Å². The lowest BCUT2D eigenvalue weighted by Gasteiger charge is -2.32. The van der Waals surface area contributed by atoms with Crippen LogP contribution in [0.3, 0.4) is 0 Å². The summed E-state index contributed by atoms with van der Waals surface area (Å²) in [7, 11) is 0. The monoisotopic (exact) mass is 322 g/mol. The average molecular weight is 322 g/mol. The standard InChI is InChI=1S/C8H7F9O3/c9-5(10,4-2-1-3-18-4)19-7(14,6(11,12)13)20-8(15,16)17/h4H,1-3H2. The van der Waals surface area contributed by atoms with Crippen LogP contribution in [0.2, 0.25) is 0 Å². The van der Waals surface area contributed by atoms with Crippen LogP contribution in [0.25, 0.3) is 0 Å². The lowest BCUT2D eigenvalue weighted by atomic mass is 10.2. The van der Waals surface area contributed by atoms with Gasteiger partial charge in [0.25, 0.3) is 0 Å². The Balaban J connectivity index is 2.95. The highest BCUT2D eigenvalue weighted by molar-refractivity contribution is 4.78. The largest absolute Gasteiger partial charge is 0.527 e. The molecule has 120 valence electrons. The first-order chi connectivity index (χ1) is 8.77. The zero-order valence-corrected chi connectivity index (χ0v) is 9.33. The maximum absolute atomic E-state index is 13.2. The SMILES string of the molecule is FC(F)(F)OC(F)(OC(F)(F)C1CCCO1)C(F)(F)F. The summed E-state index contributed by atoms with van der Waals surface area (Å²) in [6.45, 7) is -0.269. The van der Waals surface area contributed by atoms with Crippen molar-refractivity contribution in [2.24, 2.45) is 0 Å². The van der Waals surface area contributed by atoms with Gasteiger partial charge in [-0.3, -0.25) is 0 Å². The zero-order chi connectivity index (χ0) is 15.8. The van der Waals surface area contributed by atoms with Gasteiger partial charge in [0.2, 0.25) is 0 Å². The van der Waals surface area contributed by atoms with E-state index in [1.165, 1.54) is 0 Å². The first kappa shape index (κ1) is 17.3. The predicted octanol–water partition coefficient (Wildman–Crippen LogP) is 3.50. The molecule has 0 amide bonds. The Kier molecular flexibility index (Phi) is 4.52. The van der Waals surface area contributed by atoms with Crippen LogP contribution in [0.15, 0.2) is 0 Å². The third kappa shape index (κ3) is 4.12. The van der Waals surface area contributed by atoms with Gasteiger partial charge in [0.05, 0.1) is 0 Å². The van der Waals surface area contributed by atoms with E-state index in [2.05, 4.69) is 9.47 Å². The van der Waals surface area contributed by atoms with Gasteiger partial charge >= 0.3 is 24.7 Å². The van der Waals surface area contributed by atoms with Crippen molar-refractivity contribution < 1.29 is 53.7 Å². The second kappa shape index (κ2) is 5.22. The molecule has 0 N–H and O–H groups in total. The number of hydrogen-bond donors (Lipinski definition) is 0. The summed E-state index contributed by atoms with van der Waals surface area (Å²) >= 11 is 0. The van der Waals surface area contributed by atoms with Gasteiger partial charge < -0.3 is 4.74 Å². The van der Waals surface area contributed by atoms with Crippen molar-refractivity contribution in [2.75, 3.05) is 6.61 Å². The molecule has 1 aliphatic heterocycles. The van der Waals surface area contributed by atoms with E-state index >= 15 is 0 Å². The lowest BCUT2D eigenvalue weighted by Crippen LogP contribution is -2.55. The van der Waals surface area contributed by atoms with E-state index in [1.54, 1.807) is 0 Å². The summed E-state index contributed by atoms with van der Waals surface area (Å²) in [4.78, 5) is 0. The van der Waals surface area contributed by atoms with Gasteiger partial charge in [-0.25, -0.2) is 9.47 Å². The second-order valence-electron chi connectivity index (χ2n) is 3.75. The number of rotatable bonds is 4. The molecule has 0 bridgehead atoms. The molecule has 2 atom stereocenters. The van der Waals surface area contributed by atoms with Crippen LogP contribution in [-0.2, 0) is 14.2 Å². The van der Waals surface area contributed by atoms with Gasteiger partial charge in [0.1, 0.15) is 6.10 Å². The Morgan fingerprint density at radius 3 is 1.75 bits per heavy atom. The van der Waals surface area contributed by atoms with E-state index < -0.39 is 37.2 Å². The molecule has 12 heteroatoms. The fourth-order valence-electron chi connectivity index (χ4n) is 1.37. The molecule has 0 aromatic carbocycles. The minimum absolute atomic E-state index is 0.00898. The highest BCUT2D eigenvalue weighted by atomic mass is 19.4.